The first-order valence-electron chi connectivity index (χ1n) is 3.52. The number of sulfonamides is 1. The Morgan fingerprint density at radius 2 is 2.00 bits per heavy atom. The van der Waals surface area contributed by atoms with Gasteiger partial charge in [-0.2, -0.15) is 0 Å². The highest BCUT2D eigenvalue weighted by molar-refractivity contribution is 7.89. The minimum Gasteiger partial charge on any atom is -0.228 e. The van der Waals surface area contributed by atoms with E-state index in [1.165, 1.54) is 0 Å². The van der Waals surface area contributed by atoms with Gasteiger partial charge < -0.3 is 0 Å². The second kappa shape index (κ2) is 3.88. The van der Waals surface area contributed by atoms with Crippen molar-refractivity contribution < 1.29 is 8.42 Å². The van der Waals surface area contributed by atoms with Crippen LogP contribution in [0.2, 0.25) is 0 Å². The van der Waals surface area contributed by atoms with Crippen molar-refractivity contribution in [2.75, 3.05) is 0 Å². The number of nitrogens with two attached hydrogens (primary N) is 1. The Bertz CT molecular complexity index is 221. The minimum atomic E-state index is -3.36. The highest BCUT2D eigenvalue weighted by Gasteiger charge is 2.16. The second-order valence-corrected chi connectivity index (χ2v) is 4.83. The van der Waals surface area contributed by atoms with Gasteiger partial charge in [0.25, 0.3) is 0 Å². The number of rotatable bonds is 4. The van der Waals surface area contributed by atoms with E-state index in [0.29, 0.717) is 6.42 Å². The fourth-order valence-electron chi connectivity index (χ4n) is 0.754. The summed E-state index contributed by atoms with van der Waals surface area (Å²) in [5, 5.41) is 4.44. The smallest absolute Gasteiger partial charge is 0.211 e. The molecule has 0 spiro atoms. The lowest BCUT2D eigenvalue weighted by molar-refractivity contribution is 0.559. The van der Waals surface area contributed by atoms with Gasteiger partial charge >= 0.3 is 0 Å². The summed E-state index contributed by atoms with van der Waals surface area (Å²) < 4.78 is 21.5. The fraction of sp³-hybridized carbons (Fsp3) is 0.714. The topological polar surface area (TPSA) is 60.2 Å². The molecule has 0 aromatic rings. The van der Waals surface area contributed by atoms with Crippen molar-refractivity contribution in [1.29, 1.82) is 0 Å². The Balaban J connectivity index is 4.09. The molecule has 66 valence electrons. The highest BCUT2D eigenvalue weighted by atomic mass is 32.2. The summed E-state index contributed by atoms with van der Waals surface area (Å²) in [7, 11) is -3.36. The van der Waals surface area contributed by atoms with E-state index in [-0.39, 0.29) is 5.92 Å². The molecule has 0 saturated carbocycles. The standard InChI is InChI=1S/C7H15NO2S/c1-4-6(2)5-7(3)11(8,9)10/h4,6-7H,1,5H2,2-3H3,(H2,8,9,10)/t6-,7-/m1/s1. The molecule has 0 unspecified atom stereocenters. The minimum absolute atomic E-state index is 0.198. The number of primary sulfonamides is 1. The summed E-state index contributed by atoms with van der Waals surface area (Å²) in [4.78, 5) is 0. The second-order valence-electron chi connectivity index (χ2n) is 2.85. The van der Waals surface area contributed by atoms with E-state index in [9.17, 15) is 8.42 Å². The summed E-state index contributed by atoms with van der Waals surface area (Å²) in [5.41, 5.74) is 0. The summed E-state index contributed by atoms with van der Waals surface area (Å²) in [6, 6.07) is 0. The zero-order valence-electron chi connectivity index (χ0n) is 6.95. The molecule has 2 N–H and O–H groups in total. The van der Waals surface area contributed by atoms with E-state index in [0.717, 1.165) is 0 Å². The molecule has 0 aliphatic carbocycles. The van der Waals surface area contributed by atoms with Crippen molar-refractivity contribution in [3.63, 3.8) is 0 Å². The first kappa shape index (κ1) is 10.7. The Kier molecular flexibility index (Phi) is 3.75. The average Bonchev–Trinajstić information content (AvgIpc) is 1.85. The third-order valence-corrected chi connectivity index (χ3v) is 2.98. The Morgan fingerprint density at radius 3 is 2.27 bits per heavy atom. The van der Waals surface area contributed by atoms with E-state index in [1.807, 2.05) is 6.92 Å². The normalized spacial score (nSPS) is 17.4. The van der Waals surface area contributed by atoms with Gasteiger partial charge in [0.1, 0.15) is 0 Å². The Labute approximate surface area is 68.3 Å². The molecule has 0 amide bonds. The lowest BCUT2D eigenvalue weighted by atomic mass is 10.1. The van der Waals surface area contributed by atoms with Gasteiger partial charge in [-0.1, -0.05) is 13.0 Å². The SMILES string of the molecule is C=C[C@@H](C)C[C@@H](C)S(N)(=O)=O. The molecule has 0 radical (unpaired) electrons. The predicted molar refractivity (Wildman–Crippen MR) is 46.5 cm³/mol. The quantitative estimate of drug-likeness (QED) is 0.648. The molecule has 0 bridgehead atoms. The van der Waals surface area contributed by atoms with Crippen LogP contribution < -0.4 is 5.14 Å². The Hall–Kier alpha value is -0.350. The van der Waals surface area contributed by atoms with E-state index in [2.05, 4.69) is 6.58 Å². The van der Waals surface area contributed by atoms with Crippen LogP contribution in [0.1, 0.15) is 20.3 Å². The van der Waals surface area contributed by atoms with Gasteiger partial charge in [0.15, 0.2) is 0 Å². The summed E-state index contributed by atoms with van der Waals surface area (Å²) in [5.74, 6) is 0.198. The van der Waals surface area contributed by atoms with Gasteiger partial charge in [0.05, 0.1) is 5.25 Å². The average molecular weight is 177 g/mol. The molecule has 0 rings (SSSR count). The van der Waals surface area contributed by atoms with Crippen LogP contribution in [0, 0.1) is 5.92 Å². The van der Waals surface area contributed by atoms with E-state index >= 15 is 0 Å². The fourth-order valence-corrected chi connectivity index (χ4v) is 1.33. The number of allylic oxidation sites excluding steroid dienone is 1. The molecule has 4 heteroatoms. The van der Waals surface area contributed by atoms with E-state index < -0.39 is 15.3 Å². The van der Waals surface area contributed by atoms with Crippen LogP contribution in [0.4, 0.5) is 0 Å². The zero-order valence-corrected chi connectivity index (χ0v) is 7.76. The largest absolute Gasteiger partial charge is 0.228 e. The molecule has 11 heavy (non-hydrogen) atoms. The van der Waals surface area contributed by atoms with Crippen LogP contribution in [-0.2, 0) is 10.0 Å². The summed E-state index contributed by atoms with van der Waals surface area (Å²) in [6.45, 7) is 7.08. The maximum Gasteiger partial charge on any atom is 0.211 e. The van der Waals surface area contributed by atoms with Crippen LogP contribution in [0.3, 0.4) is 0 Å². The molecule has 0 aromatic heterocycles. The highest BCUT2D eigenvalue weighted by Crippen LogP contribution is 2.10. The van der Waals surface area contributed by atoms with Crippen LogP contribution >= 0.6 is 0 Å². The lowest BCUT2D eigenvalue weighted by Gasteiger charge is -2.11. The number of hydrogen-bond donors (Lipinski definition) is 1. The lowest BCUT2D eigenvalue weighted by Crippen LogP contribution is -2.27. The van der Waals surface area contributed by atoms with Gasteiger partial charge in [0, 0.05) is 0 Å². The molecule has 0 aliphatic heterocycles. The molecular formula is C7H15NO2S. The van der Waals surface area contributed by atoms with Crippen molar-refractivity contribution in [2.45, 2.75) is 25.5 Å². The summed E-state index contributed by atoms with van der Waals surface area (Å²) >= 11 is 0. The van der Waals surface area contributed by atoms with Gasteiger partial charge in [-0.05, 0) is 19.3 Å². The molecule has 3 nitrogen and oxygen atoms in total. The third-order valence-electron chi connectivity index (χ3n) is 1.67. The van der Waals surface area contributed by atoms with Crippen LogP contribution in [0.25, 0.3) is 0 Å². The first-order chi connectivity index (χ1) is 4.88. The molecular weight excluding hydrogens is 162 g/mol. The molecule has 0 aromatic carbocycles. The predicted octanol–water partition coefficient (Wildman–Crippen LogP) is 0.876. The molecule has 0 fully saturated rings. The Morgan fingerprint density at radius 1 is 1.55 bits per heavy atom. The van der Waals surface area contributed by atoms with Crippen LogP contribution in [-0.4, -0.2) is 13.7 Å². The van der Waals surface area contributed by atoms with Crippen molar-refractivity contribution >= 4 is 10.0 Å². The third kappa shape index (κ3) is 4.16. The van der Waals surface area contributed by atoms with Crippen molar-refractivity contribution in [1.82, 2.24) is 0 Å². The van der Waals surface area contributed by atoms with Crippen molar-refractivity contribution in [3.8, 4) is 0 Å². The molecule has 2 atom stereocenters. The monoisotopic (exact) mass is 177 g/mol. The maximum atomic E-state index is 10.7. The van der Waals surface area contributed by atoms with E-state index in [4.69, 9.17) is 5.14 Å². The maximum absolute atomic E-state index is 10.7. The van der Waals surface area contributed by atoms with Gasteiger partial charge in [0.2, 0.25) is 10.0 Å². The summed E-state index contributed by atoms with van der Waals surface area (Å²) in [6.07, 6.45) is 2.27. The van der Waals surface area contributed by atoms with Crippen molar-refractivity contribution in [2.24, 2.45) is 11.1 Å². The zero-order chi connectivity index (χ0) is 9.07. The van der Waals surface area contributed by atoms with Crippen LogP contribution in [0.5, 0.6) is 0 Å². The number of hydrogen-bond acceptors (Lipinski definition) is 2. The van der Waals surface area contributed by atoms with E-state index in [1.54, 1.807) is 13.0 Å². The molecule has 0 aliphatic rings. The first-order valence-corrected chi connectivity index (χ1v) is 5.13. The van der Waals surface area contributed by atoms with Gasteiger partial charge in [-0.3, -0.25) is 0 Å². The molecule has 0 heterocycles. The molecule has 0 saturated heterocycles. The van der Waals surface area contributed by atoms with Gasteiger partial charge in [-0.15, -0.1) is 6.58 Å². The van der Waals surface area contributed by atoms with Crippen LogP contribution in [0.15, 0.2) is 12.7 Å². The van der Waals surface area contributed by atoms with Crippen molar-refractivity contribution in [3.05, 3.63) is 12.7 Å². The van der Waals surface area contributed by atoms with Gasteiger partial charge in [-0.25, -0.2) is 13.6 Å².